The predicted octanol–water partition coefficient (Wildman–Crippen LogP) is -3.49. The number of carbonyl (C=O) groups excluding carboxylic acids is 11. The zero-order valence-electron chi connectivity index (χ0n) is 48.8. The fourth-order valence-corrected chi connectivity index (χ4v) is 10.3. The van der Waals surface area contributed by atoms with E-state index in [1.54, 1.807) is 30.3 Å². The van der Waals surface area contributed by atoms with Crippen LogP contribution < -0.4 is 71.2 Å². The lowest BCUT2D eigenvalue weighted by molar-refractivity contribution is -0.138. The third kappa shape index (κ3) is 24.2. The minimum absolute atomic E-state index is 0.0124. The summed E-state index contributed by atoms with van der Waals surface area (Å²) in [7, 11) is 0. The molecule has 0 aromatic heterocycles. The van der Waals surface area contributed by atoms with Crippen LogP contribution in [0.3, 0.4) is 0 Å². The number of nitrogens with one attached hydrogen (secondary N) is 8. The summed E-state index contributed by atoms with van der Waals surface area (Å²) in [5.74, 6) is -13.6. The highest BCUT2D eigenvalue weighted by molar-refractivity contribution is 5.99. The number of carbonyl (C=O) groups is 11. The maximum Gasteiger partial charge on any atom is 0.243 e. The Hall–Kier alpha value is -6.13. The number of ketones is 4. The third-order valence-corrected chi connectivity index (χ3v) is 15.2. The van der Waals surface area contributed by atoms with E-state index in [4.69, 9.17) is 28.7 Å². The molecule has 2 saturated heterocycles. The topological polar surface area (TPSA) is 455 Å². The van der Waals surface area contributed by atoms with Gasteiger partial charge in [-0.25, -0.2) is 0 Å². The molecule has 2 heterocycles. The lowest BCUT2D eigenvalue weighted by Gasteiger charge is -2.28. The van der Waals surface area contributed by atoms with Gasteiger partial charge in [-0.2, -0.15) is 0 Å². The van der Waals surface area contributed by atoms with E-state index in [1.165, 1.54) is 13.8 Å². The van der Waals surface area contributed by atoms with E-state index in [1.807, 2.05) is 13.8 Å². The van der Waals surface area contributed by atoms with Crippen LogP contribution in [-0.2, 0) is 59.2 Å². The van der Waals surface area contributed by atoms with Crippen molar-refractivity contribution in [2.75, 3.05) is 52.4 Å². The highest BCUT2D eigenvalue weighted by atomic mass is 16.3. The van der Waals surface area contributed by atoms with Crippen molar-refractivity contribution in [1.29, 1.82) is 0 Å². The van der Waals surface area contributed by atoms with Crippen LogP contribution in [0.15, 0.2) is 30.3 Å². The van der Waals surface area contributed by atoms with Gasteiger partial charge in [0.25, 0.3) is 0 Å². The lowest BCUT2D eigenvalue weighted by Crippen LogP contribution is -2.57. The number of hydrogen-bond donors (Lipinski definition) is 15. The Labute approximate surface area is 486 Å². The molecular formula is C57H95N13O13. The first-order valence-corrected chi connectivity index (χ1v) is 29.3. The molecule has 0 spiro atoms. The quantitative estimate of drug-likeness (QED) is 0.0428. The van der Waals surface area contributed by atoms with Crippen LogP contribution in [0.1, 0.15) is 117 Å². The van der Waals surface area contributed by atoms with E-state index in [9.17, 15) is 63.0 Å². The molecule has 0 radical (unpaired) electrons. The Bertz CT molecular complexity index is 2300. The Kier molecular flexibility index (Phi) is 31.9. The van der Waals surface area contributed by atoms with Crippen molar-refractivity contribution in [3.8, 4) is 0 Å². The molecule has 2 aliphatic rings. The molecule has 83 heavy (non-hydrogen) atoms. The van der Waals surface area contributed by atoms with E-state index in [2.05, 4.69) is 42.5 Å². The lowest BCUT2D eigenvalue weighted by atomic mass is 9.88. The standard InChI is InChI=1S/C57H95N13O13/c1-32(2)26-46-57(83)69-45(14-22-62)56(82)68-44(13-21-61)49(75)30-39(33(3)71)54(80)64-25-17-37(52(78)66-41(10-18-58)48(74)29-38(53(79)70-46)27-35-8-6-5-7-9-35)28-47(73)42(11-19-59)67-55(81)40(34(4)72)31-50(76)43(12-20-60)65-51(77)36-15-23-63-24-16-36/h5-9,32-34,36-46,63,71-72H,10-31,58-62H2,1-4H3,(H,64,80)(H,65,77)(H,66,78)(H,67,81)(H,68,82)(H,69,83)(H,70,79)/t33?,34?,37-,38+,39+,40+,41+,42+,43+,44+,45+,46+/m1/s1. The fraction of sp³-hybridized carbons (Fsp3) is 0.702. The third-order valence-electron chi connectivity index (χ3n) is 15.2. The van der Waals surface area contributed by atoms with Crippen LogP contribution in [-0.4, -0.2) is 176 Å². The van der Waals surface area contributed by atoms with Crippen molar-refractivity contribution in [1.82, 2.24) is 42.5 Å². The summed E-state index contributed by atoms with van der Waals surface area (Å²) >= 11 is 0. The maximum atomic E-state index is 14.6. The van der Waals surface area contributed by atoms with Crippen LogP contribution >= 0.6 is 0 Å². The summed E-state index contributed by atoms with van der Waals surface area (Å²) in [6, 6.07) is 1.18. The normalized spacial score (nSPS) is 24.4. The maximum absolute atomic E-state index is 14.6. The molecule has 12 atom stereocenters. The van der Waals surface area contributed by atoms with Gasteiger partial charge >= 0.3 is 0 Å². The monoisotopic (exact) mass is 1170 g/mol. The molecule has 0 saturated carbocycles. The first-order chi connectivity index (χ1) is 39.5. The van der Waals surface area contributed by atoms with Crippen LogP contribution in [0, 0.1) is 35.5 Å². The number of nitrogens with two attached hydrogens (primary N) is 5. The predicted molar refractivity (Wildman–Crippen MR) is 309 cm³/mol. The summed E-state index contributed by atoms with van der Waals surface area (Å²) in [4.78, 5) is 155. The van der Waals surface area contributed by atoms with Crippen LogP contribution in [0.4, 0.5) is 0 Å². The summed E-state index contributed by atoms with van der Waals surface area (Å²) in [5.41, 5.74) is 30.2. The number of piperidine rings is 1. The first-order valence-electron chi connectivity index (χ1n) is 29.3. The van der Waals surface area contributed by atoms with Gasteiger partial charge in [0.05, 0.1) is 48.2 Å². The van der Waals surface area contributed by atoms with Crippen molar-refractivity contribution >= 4 is 64.5 Å². The molecule has 466 valence electrons. The van der Waals surface area contributed by atoms with Crippen molar-refractivity contribution in [2.45, 2.75) is 166 Å². The molecule has 2 fully saturated rings. The van der Waals surface area contributed by atoms with Crippen molar-refractivity contribution in [2.24, 2.45) is 64.2 Å². The average molecular weight is 1170 g/mol. The van der Waals surface area contributed by atoms with Gasteiger partial charge in [-0.15, -0.1) is 0 Å². The zero-order valence-corrected chi connectivity index (χ0v) is 48.8. The van der Waals surface area contributed by atoms with Gasteiger partial charge in [0, 0.05) is 50.0 Å². The molecule has 1 aromatic rings. The molecule has 0 bridgehead atoms. The number of aliphatic hydroxyl groups excluding tert-OH is 2. The van der Waals surface area contributed by atoms with E-state index in [0.717, 1.165) is 0 Å². The zero-order chi connectivity index (χ0) is 61.8. The minimum atomic E-state index is -1.43. The number of benzene rings is 1. The Balaban J connectivity index is 2.08. The number of Topliss-reactive ketones (excluding diaryl/α,β-unsaturated/α-hetero) is 4. The summed E-state index contributed by atoms with van der Waals surface area (Å²) in [6.07, 6.45) is -4.55. The largest absolute Gasteiger partial charge is 0.393 e. The van der Waals surface area contributed by atoms with Crippen LogP contribution in [0.25, 0.3) is 0 Å². The van der Waals surface area contributed by atoms with Crippen LogP contribution in [0.5, 0.6) is 0 Å². The molecule has 1 aromatic carbocycles. The highest BCUT2D eigenvalue weighted by Gasteiger charge is 2.38. The van der Waals surface area contributed by atoms with Crippen molar-refractivity contribution in [3.63, 3.8) is 0 Å². The first kappa shape index (κ1) is 71.1. The molecule has 7 amide bonds. The van der Waals surface area contributed by atoms with Gasteiger partial charge in [0.1, 0.15) is 12.1 Å². The van der Waals surface area contributed by atoms with Gasteiger partial charge in [-0.3, -0.25) is 52.7 Å². The van der Waals surface area contributed by atoms with Crippen molar-refractivity contribution < 1.29 is 63.0 Å². The number of rotatable bonds is 26. The van der Waals surface area contributed by atoms with Gasteiger partial charge < -0.3 is 81.4 Å². The van der Waals surface area contributed by atoms with E-state index in [-0.39, 0.29) is 108 Å². The SMILES string of the molecule is CC(C)C[C@@H]1NC(=O)[C@@H](Cc2ccccc2)CC(=O)[C@H](CCN)NC(=O)[C@@H](CC(=O)[C@H](CCN)NC(=O)[C@@H](CC(=O)[C@H](CCN)NC(=O)C2CCNCC2)C(C)O)CCNC(=O)[C@H](C(C)O)CC(=O)[C@H](CCN)NC(=O)[C@H](CCN)NC1=O. The molecular weight excluding hydrogens is 1070 g/mol. The Morgan fingerprint density at radius 1 is 0.590 bits per heavy atom. The molecule has 20 N–H and O–H groups in total. The second-order valence-corrected chi connectivity index (χ2v) is 22.4. The Morgan fingerprint density at radius 3 is 1.66 bits per heavy atom. The number of aliphatic hydroxyl groups is 2. The van der Waals surface area contributed by atoms with Gasteiger partial charge in [-0.05, 0) is 135 Å². The summed E-state index contributed by atoms with van der Waals surface area (Å²) in [6.45, 7) is 6.71. The molecule has 26 nitrogen and oxygen atoms in total. The molecule has 3 rings (SSSR count). The molecule has 26 heteroatoms. The smallest absolute Gasteiger partial charge is 0.243 e. The minimum Gasteiger partial charge on any atom is -0.393 e. The second-order valence-electron chi connectivity index (χ2n) is 22.4. The molecule has 2 unspecified atom stereocenters. The summed E-state index contributed by atoms with van der Waals surface area (Å²) in [5, 5.41) is 43.7. The van der Waals surface area contributed by atoms with Gasteiger partial charge in [-0.1, -0.05) is 44.2 Å². The van der Waals surface area contributed by atoms with Crippen molar-refractivity contribution in [3.05, 3.63) is 35.9 Å². The average Bonchev–Trinajstić information content (AvgIpc) is 3.44. The highest BCUT2D eigenvalue weighted by Crippen LogP contribution is 2.22. The van der Waals surface area contributed by atoms with Gasteiger partial charge in [0.15, 0.2) is 23.1 Å². The van der Waals surface area contributed by atoms with E-state index < -0.39 is 156 Å². The Morgan fingerprint density at radius 2 is 1.11 bits per heavy atom. The number of hydrogen-bond acceptors (Lipinski definition) is 19. The van der Waals surface area contributed by atoms with E-state index in [0.29, 0.717) is 31.5 Å². The fourth-order valence-electron chi connectivity index (χ4n) is 10.3. The second kappa shape index (κ2) is 37.2. The molecule has 2 aliphatic heterocycles. The summed E-state index contributed by atoms with van der Waals surface area (Å²) < 4.78 is 0. The number of amides is 7. The van der Waals surface area contributed by atoms with Gasteiger partial charge in [0.2, 0.25) is 41.4 Å². The molecule has 0 aliphatic carbocycles. The van der Waals surface area contributed by atoms with Crippen LogP contribution in [0.2, 0.25) is 0 Å². The van der Waals surface area contributed by atoms with E-state index >= 15 is 0 Å².